The lowest BCUT2D eigenvalue weighted by atomic mass is 10.00. The van der Waals surface area contributed by atoms with E-state index in [1.54, 1.807) is 12.1 Å². The molecule has 0 bridgehead atoms. The lowest BCUT2D eigenvalue weighted by molar-refractivity contribution is 0.0921. The fourth-order valence-electron chi connectivity index (χ4n) is 2.71. The van der Waals surface area contributed by atoms with Gasteiger partial charge in [-0.15, -0.1) is 0 Å². The standard InChI is InChI=1S/C17H17NO4S/c1-23(20,21)16-9-5-3-7-13(16)17(19)18-14-10-11-22-15-8-4-2-6-12(14)15/h2-9,14H,10-11H2,1H3,(H,18,19). The highest BCUT2D eigenvalue weighted by atomic mass is 32.2. The highest BCUT2D eigenvalue weighted by Crippen LogP contribution is 2.31. The summed E-state index contributed by atoms with van der Waals surface area (Å²) in [6.07, 6.45) is 1.74. The van der Waals surface area contributed by atoms with Gasteiger partial charge in [0.05, 0.1) is 23.1 Å². The molecule has 0 aliphatic carbocycles. The summed E-state index contributed by atoms with van der Waals surface area (Å²) in [5.74, 6) is 0.355. The highest BCUT2D eigenvalue weighted by molar-refractivity contribution is 7.90. The zero-order chi connectivity index (χ0) is 16.4. The van der Waals surface area contributed by atoms with Gasteiger partial charge in [-0.05, 0) is 18.2 Å². The monoisotopic (exact) mass is 331 g/mol. The van der Waals surface area contributed by atoms with E-state index in [1.807, 2.05) is 24.3 Å². The molecule has 5 nitrogen and oxygen atoms in total. The number of rotatable bonds is 3. The van der Waals surface area contributed by atoms with Gasteiger partial charge in [-0.3, -0.25) is 4.79 Å². The minimum Gasteiger partial charge on any atom is -0.493 e. The lowest BCUT2D eigenvalue weighted by Gasteiger charge is -2.26. The SMILES string of the molecule is CS(=O)(=O)c1ccccc1C(=O)NC1CCOc2ccccc21. The van der Waals surface area contributed by atoms with Gasteiger partial charge in [0.2, 0.25) is 0 Å². The number of hydrogen-bond acceptors (Lipinski definition) is 4. The first-order valence-corrected chi connectivity index (χ1v) is 9.17. The first-order valence-electron chi connectivity index (χ1n) is 7.28. The maximum absolute atomic E-state index is 12.6. The summed E-state index contributed by atoms with van der Waals surface area (Å²) in [6.45, 7) is 0.510. The van der Waals surface area contributed by atoms with Crippen LogP contribution in [0.1, 0.15) is 28.4 Å². The summed E-state index contributed by atoms with van der Waals surface area (Å²) in [5.41, 5.74) is 1.07. The molecule has 0 saturated heterocycles. The molecule has 1 heterocycles. The maximum atomic E-state index is 12.6. The van der Waals surface area contributed by atoms with Crippen LogP contribution < -0.4 is 10.1 Å². The molecule has 0 spiro atoms. The van der Waals surface area contributed by atoms with Gasteiger partial charge in [0, 0.05) is 18.2 Å². The summed E-state index contributed by atoms with van der Waals surface area (Å²) in [7, 11) is -3.47. The Hall–Kier alpha value is -2.34. The third kappa shape index (κ3) is 3.22. The molecule has 2 aromatic rings. The largest absolute Gasteiger partial charge is 0.493 e. The Labute approximate surface area is 135 Å². The molecule has 1 aliphatic heterocycles. The van der Waals surface area contributed by atoms with Crippen LogP contribution in [0.15, 0.2) is 53.4 Å². The van der Waals surface area contributed by atoms with Crippen molar-refractivity contribution in [3.8, 4) is 5.75 Å². The van der Waals surface area contributed by atoms with Crippen LogP contribution in [0.5, 0.6) is 5.75 Å². The summed E-state index contributed by atoms with van der Waals surface area (Å²) in [4.78, 5) is 12.6. The van der Waals surface area contributed by atoms with E-state index in [1.165, 1.54) is 12.1 Å². The third-order valence-electron chi connectivity index (χ3n) is 3.80. The van der Waals surface area contributed by atoms with Crippen molar-refractivity contribution in [3.63, 3.8) is 0 Å². The number of fused-ring (bicyclic) bond motifs is 1. The minimum absolute atomic E-state index is 0.0397. The van der Waals surface area contributed by atoms with Crippen molar-refractivity contribution in [2.45, 2.75) is 17.4 Å². The molecule has 1 unspecified atom stereocenters. The number of ether oxygens (including phenoxy) is 1. The van der Waals surface area contributed by atoms with Gasteiger partial charge in [0.15, 0.2) is 9.84 Å². The molecule has 0 saturated carbocycles. The third-order valence-corrected chi connectivity index (χ3v) is 4.95. The van der Waals surface area contributed by atoms with Crippen molar-refractivity contribution in [1.29, 1.82) is 0 Å². The van der Waals surface area contributed by atoms with E-state index in [0.717, 1.165) is 17.6 Å². The number of sulfone groups is 1. The smallest absolute Gasteiger partial charge is 0.253 e. The fraction of sp³-hybridized carbons (Fsp3) is 0.235. The summed E-state index contributed by atoms with van der Waals surface area (Å²) in [5, 5.41) is 2.92. The van der Waals surface area contributed by atoms with Crippen LogP contribution in [0.3, 0.4) is 0 Å². The number of para-hydroxylation sites is 1. The van der Waals surface area contributed by atoms with Crippen molar-refractivity contribution in [2.24, 2.45) is 0 Å². The molecule has 2 aromatic carbocycles. The van der Waals surface area contributed by atoms with Crippen molar-refractivity contribution in [3.05, 3.63) is 59.7 Å². The Morgan fingerprint density at radius 3 is 2.61 bits per heavy atom. The van der Waals surface area contributed by atoms with E-state index in [9.17, 15) is 13.2 Å². The van der Waals surface area contributed by atoms with Crippen LogP contribution in [-0.4, -0.2) is 27.2 Å². The molecule has 3 rings (SSSR count). The molecule has 1 amide bonds. The Morgan fingerprint density at radius 1 is 1.13 bits per heavy atom. The van der Waals surface area contributed by atoms with Gasteiger partial charge in [0.25, 0.3) is 5.91 Å². The van der Waals surface area contributed by atoms with Crippen LogP contribution in [0.25, 0.3) is 0 Å². The lowest BCUT2D eigenvalue weighted by Crippen LogP contribution is -2.32. The van der Waals surface area contributed by atoms with Gasteiger partial charge in [-0.25, -0.2) is 8.42 Å². The molecular formula is C17H17NO4S. The van der Waals surface area contributed by atoms with Gasteiger partial charge in [-0.2, -0.15) is 0 Å². The van der Waals surface area contributed by atoms with Gasteiger partial charge in [0.1, 0.15) is 5.75 Å². The second kappa shape index (κ2) is 6.04. The van der Waals surface area contributed by atoms with Crippen molar-refractivity contribution < 1.29 is 17.9 Å². The first-order chi connectivity index (χ1) is 11.0. The van der Waals surface area contributed by atoms with Crippen molar-refractivity contribution >= 4 is 15.7 Å². The molecule has 23 heavy (non-hydrogen) atoms. The molecule has 1 N–H and O–H groups in total. The number of amides is 1. The number of nitrogens with one attached hydrogen (secondary N) is 1. The van der Waals surface area contributed by atoms with Crippen molar-refractivity contribution in [1.82, 2.24) is 5.32 Å². The molecular weight excluding hydrogens is 314 g/mol. The second-order valence-corrected chi connectivity index (χ2v) is 7.45. The van der Waals surface area contributed by atoms with E-state index in [-0.39, 0.29) is 16.5 Å². The quantitative estimate of drug-likeness (QED) is 0.937. The average molecular weight is 331 g/mol. The van der Waals surface area contributed by atoms with Crippen LogP contribution in [-0.2, 0) is 9.84 Å². The average Bonchev–Trinajstić information content (AvgIpc) is 2.54. The number of carbonyl (C=O) groups is 1. The number of hydrogen-bond donors (Lipinski definition) is 1. The molecule has 1 atom stereocenters. The normalized spacial score (nSPS) is 17.0. The van der Waals surface area contributed by atoms with Crippen LogP contribution >= 0.6 is 0 Å². The topological polar surface area (TPSA) is 72.5 Å². The summed E-state index contributed by atoms with van der Waals surface area (Å²) < 4.78 is 29.3. The van der Waals surface area contributed by atoms with Crippen LogP contribution in [0.4, 0.5) is 0 Å². The summed E-state index contributed by atoms with van der Waals surface area (Å²) in [6, 6.07) is 13.6. The van der Waals surface area contributed by atoms with E-state index in [0.29, 0.717) is 13.0 Å². The van der Waals surface area contributed by atoms with Gasteiger partial charge >= 0.3 is 0 Å². The number of carbonyl (C=O) groups excluding carboxylic acids is 1. The Kier molecular flexibility index (Phi) is 4.09. The Morgan fingerprint density at radius 2 is 1.83 bits per heavy atom. The molecule has 1 aliphatic rings. The van der Waals surface area contributed by atoms with Crippen molar-refractivity contribution in [2.75, 3.05) is 12.9 Å². The molecule has 0 fully saturated rings. The molecule has 120 valence electrons. The van der Waals surface area contributed by atoms with Gasteiger partial charge < -0.3 is 10.1 Å². The van der Waals surface area contributed by atoms with E-state index in [2.05, 4.69) is 5.32 Å². The summed E-state index contributed by atoms with van der Waals surface area (Å²) >= 11 is 0. The predicted molar refractivity (Wildman–Crippen MR) is 86.3 cm³/mol. The van der Waals surface area contributed by atoms with E-state index in [4.69, 9.17) is 4.74 Å². The highest BCUT2D eigenvalue weighted by Gasteiger charge is 2.25. The molecule has 0 aromatic heterocycles. The van der Waals surface area contributed by atoms with E-state index < -0.39 is 15.7 Å². The predicted octanol–water partition coefficient (Wildman–Crippen LogP) is 2.34. The van der Waals surface area contributed by atoms with Crippen LogP contribution in [0.2, 0.25) is 0 Å². The second-order valence-electron chi connectivity index (χ2n) is 5.47. The zero-order valence-corrected chi connectivity index (χ0v) is 13.5. The van der Waals surface area contributed by atoms with E-state index >= 15 is 0 Å². The van der Waals surface area contributed by atoms with Crippen LogP contribution in [0, 0.1) is 0 Å². The zero-order valence-electron chi connectivity index (χ0n) is 12.7. The minimum atomic E-state index is -3.47. The Balaban J connectivity index is 1.90. The molecule has 0 radical (unpaired) electrons. The maximum Gasteiger partial charge on any atom is 0.253 e. The van der Waals surface area contributed by atoms with Gasteiger partial charge in [-0.1, -0.05) is 30.3 Å². The first kappa shape index (κ1) is 15.6. The Bertz CT molecular complexity index is 845. The fourth-order valence-corrected chi connectivity index (χ4v) is 3.59. The molecule has 6 heteroatoms. The number of benzene rings is 2.